The van der Waals surface area contributed by atoms with Gasteiger partial charge < -0.3 is 14.8 Å². The van der Waals surface area contributed by atoms with Crippen LogP contribution in [0.25, 0.3) is 0 Å². The minimum Gasteiger partial charge on any atom is -0.469 e. The number of anilines is 1. The summed E-state index contributed by atoms with van der Waals surface area (Å²) in [5, 5.41) is 2.21. The summed E-state index contributed by atoms with van der Waals surface area (Å²) in [6.45, 7) is 0. The molecule has 0 bridgehead atoms. The monoisotopic (exact) mass is 261 g/mol. The van der Waals surface area contributed by atoms with Crippen LogP contribution in [0.2, 0.25) is 0 Å². The van der Waals surface area contributed by atoms with E-state index in [-0.39, 0.29) is 11.4 Å². The number of esters is 1. The van der Waals surface area contributed by atoms with E-state index in [2.05, 4.69) is 10.1 Å². The lowest BCUT2D eigenvalue weighted by Crippen LogP contribution is -2.55. The van der Waals surface area contributed by atoms with Gasteiger partial charge >= 0.3 is 12.1 Å². The third-order valence-corrected chi connectivity index (χ3v) is 2.59. The molecule has 1 aliphatic heterocycles. The molecule has 2 rings (SSSR count). The molecular weight excluding hydrogens is 251 g/mol. The summed E-state index contributed by atoms with van der Waals surface area (Å²) in [5.74, 6) is -0.952. The number of methoxy groups -OCH3 is 1. The van der Waals surface area contributed by atoms with E-state index >= 15 is 0 Å². The maximum absolute atomic E-state index is 13.1. The molecule has 98 valence electrons. The van der Waals surface area contributed by atoms with Crippen LogP contribution in [0, 0.1) is 0 Å². The minimum absolute atomic E-state index is 0.0544. The molecule has 0 aliphatic carbocycles. The number of rotatable bonds is 2. The lowest BCUT2D eigenvalue weighted by molar-refractivity contribution is -0.236. The third-order valence-electron chi connectivity index (χ3n) is 2.59. The molecule has 1 aromatic rings. The van der Waals surface area contributed by atoms with Crippen molar-refractivity contribution >= 4 is 11.7 Å². The van der Waals surface area contributed by atoms with Crippen LogP contribution in [-0.2, 0) is 9.53 Å². The number of hydrogen-bond acceptors (Lipinski definition) is 4. The maximum atomic E-state index is 13.1. The Morgan fingerprint density at radius 1 is 1.44 bits per heavy atom. The first-order valence-corrected chi connectivity index (χ1v) is 5.08. The second-order valence-corrected chi connectivity index (χ2v) is 3.80. The van der Waals surface area contributed by atoms with Crippen molar-refractivity contribution in [3.63, 3.8) is 0 Å². The Morgan fingerprint density at radius 2 is 2.11 bits per heavy atom. The van der Waals surface area contributed by atoms with Gasteiger partial charge in [-0.25, -0.2) is 0 Å². The number of carbonyl (C=O) groups is 1. The molecule has 1 aliphatic rings. The first-order chi connectivity index (χ1) is 8.38. The van der Waals surface area contributed by atoms with Crippen molar-refractivity contribution in [2.75, 3.05) is 12.4 Å². The van der Waals surface area contributed by atoms with Gasteiger partial charge in [-0.3, -0.25) is 4.79 Å². The first-order valence-electron chi connectivity index (χ1n) is 5.08. The van der Waals surface area contributed by atoms with E-state index in [0.29, 0.717) is 0 Å². The van der Waals surface area contributed by atoms with Gasteiger partial charge in [0.2, 0.25) is 0 Å². The topological polar surface area (TPSA) is 47.6 Å². The van der Waals surface area contributed by atoms with Crippen LogP contribution in [-0.4, -0.2) is 25.0 Å². The maximum Gasteiger partial charge on any atom is 0.449 e. The zero-order valence-electron chi connectivity index (χ0n) is 9.38. The van der Waals surface area contributed by atoms with E-state index in [9.17, 15) is 18.0 Å². The molecule has 1 N–H and O–H groups in total. The molecule has 0 fully saturated rings. The molecule has 0 spiro atoms. The van der Waals surface area contributed by atoms with Gasteiger partial charge in [0.1, 0.15) is 12.2 Å². The summed E-state index contributed by atoms with van der Waals surface area (Å²) in [6, 6.07) is 5.96. The predicted octanol–water partition coefficient (Wildman–Crippen LogP) is 2.31. The molecule has 1 atom stereocenters. The smallest absolute Gasteiger partial charge is 0.449 e. The van der Waals surface area contributed by atoms with Gasteiger partial charge in [-0.1, -0.05) is 12.1 Å². The number of hydrogen-bond donors (Lipinski definition) is 1. The predicted molar refractivity (Wildman–Crippen MR) is 56.1 cm³/mol. The quantitative estimate of drug-likeness (QED) is 0.830. The van der Waals surface area contributed by atoms with Crippen molar-refractivity contribution in [3.8, 4) is 5.75 Å². The molecule has 4 nitrogen and oxygen atoms in total. The van der Waals surface area contributed by atoms with Crippen molar-refractivity contribution in [2.45, 2.75) is 18.3 Å². The number of fused-ring (bicyclic) bond motifs is 1. The normalized spacial score (nSPS) is 21.8. The molecule has 0 radical (unpaired) electrons. The molecular formula is C11H10F3NO3. The Morgan fingerprint density at radius 3 is 2.67 bits per heavy atom. The van der Waals surface area contributed by atoms with Gasteiger partial charge in [0.15, 0.2) is 0 Å². The van der Waals surface area contributed by atoms with Gasteiger partial charge in [-0.2, -0.15) is 13.2 Å². The zero-order valence-corrected chi connectivity index (χ0v) is 9.38. The van der Waals surface area contributed by atoms with E-state index < -0.39 is 24.3 Å². The highest BCUT2D eigenvalue weighted by Crippen LogP contribution is 2.46. The molecule has 1 heterocycles. The lowest BCUT2D eigenvalue weighted by Gasteiger charge is -2.30. The summed E-state index contributed by atoms with van der Waals surface area (Å²) in [7, 11) is 1.02. The second-order valence-electron chi connectivity index (χ2n) is 3.80. The van der Waals surface area contributed by atoms with E-state index in [1.165, 1.54) is 12.1 Å². The molecule has 18 heavy (non-hydrogen) atoms. The summed E-state index contributed by atoms with van der Waals surface area (Å²) in [4.78, 5) is 11.1. The fourth-order valence-electron chi connectivity index (χ4n) is 1.67. The molecule has 1 aromatic carbocycles. The average Bonchev–Trinajstić information content (AvgIpc) is 2.67. The Hall–Kier alpha value is -1.92. The zero-order chi connectivity index (χ0) is 13.4. The standard InChI is InChI=1S/C11H10F3NO3/c1-17-9(16)6-10(11(12,13)14)15-7-4-2-3-5-8(7)18-10/h2-5,15H,6H2,1H3. The van der Waals surface area contributed by atoms with Crippen molar-refractivity contribution in [2.24, 2.45) is 0 Å². The summed E-state index contributed by atoms with van der Waals surface area (Å²) < 4.78 is 48.4. The van der Waals surface area contributed by atoms with Crippen LogP contribution < -0.4 is 10.1 Å². The van der Waals surface area contributed by atoms with Crippen molar-refractivity contribution in [1.82, 2.24) is 0 Å². The van der Waals surface area contributed by atoms with Crippen LogP contribution in [0.5, 0.6) is 5.75 Å². The summed E-state index contributed by atoms with van der Waals surface area (Å²) in [5.41, 5.74) is -2.57. The van der Waals surface area contributed by atoms with Crippen LogP contribution in [0.4, 0.5) is 18.9 Å². The van der Waals surface area contributed by atoms with E-state index in [1.54, 1.807) is 12.1 Å². The largest absolute Gasteiger partial charge is 0.469 e. The molecule has 0 saturated heterocycles. The number of ether oxygens (including phenoxy) is 2. The average molecular weight is 261 g/mol. The van der Waals surface area contributed by atoms with Gasteiger partial charge in [0.05, 0.1) is 12.8 Å². The Bertz CT molecular complexity index is 448. The van der Waals surface area contributed by atoms with Gasteiger partial charge in [-0.05, 0) is 12.1 Å². The highest BCUT2D eigenvalue weighted by molar-refractivity contribution is 5.73. The Labute approximate surface area is 101 Å². The van der Waals surface area contributed by atoms with E-state index in [4.69, 9.17) is 4.74 Å². The summed E-state index contributed by atoms with van der Waals surface area (Å²) in [6.07, 6.45) is -5.71. The number of benzene rings is 1. The fraction of sp³-hybridized carbons (Fsp3) is 0.364. The van der Waals surface area contributed by atoms with Crippen LogP contribution in [0.15, 0.2) is 24.3 Å². The molecule has 0 amide bonds. The van der Waals surface area contributed by atoms with Crippen LogP contribution >= 0.6 is 0 Å². The minimum atomic E-state index is -4.75. The second kappa shape index (κ2) is 4.08. The van der Waals surface area contributed by atoms with Gasteiger partial charge in [0, 0.05) is 0 Å². The van der Waals surface area contributed by atoms with Crippen LogP contribution in [0.1, 0.15) is 6.42 Å². The number of nitrogens with one attached hydrogen (secondary N) is 1. The number of carbonyl (C=O) groups excluding carboxylic acids is 1. The number of halogens is 3. The van der Waals surface area contributed by atoms with Gasteiger partial charge in [0.25, 0.3) is 5.72 Å². The van der Waals surface area contributed by atoms with Gasteiger partial charge in [-0.15, -0.1) is 0 Å². The van der Waals surface area contributed by atoms with Crippen LogP contribution in [0.3, 0.4) is 0 Å². The lowest BCUT2D eigenvalue weighted by atomic mass is 10.1. The highest BCUT2D eigenvalue weighted by atomic mass is 19.4. The van der Waals surface area contributed by atoms with Crippen molar-refractivity contribution < 1.29 is 27.4 Å². The highest BCUT2D eigenvalue weighted by Gasteiger charge is 2.62. The number of alkyl halides is 3. The van der Waals surface area contributed by atoms with Crippen molar-refractivity contribution in [3.05, 3.63) is 24.3 Å². The number of para-hydroxylation sites is 2. The Balaban J connectivity index is 2.34. The fourth-order valence-corrected chi connectivity index (χ4v) is 1.67. The molecule has 7 heteroatoms. The first kappa shape index (κ1) is 12.5. The molecule has 1 unspecified atom stereocenters. The molecule has 0 aromatic heterocycles. The Kier molecular flexibility index (Phi) is 2.84. The molecule has 0 saturated carbocycles. The van der Waals surface area contributed by atoms with E-state index in [1.807, 2.05) is 0 Å². The summed E-state index contributed by atoms with van der Waals surface area (Å²) >= 11 is 0. The van der Waals surface area contributed by atoms with Crippen molar-refractivity contribution in [1.29, 1.82) is 0 Å². The SMILES string of the molecule is COC(=O)CC1(C(F)(F)F)Nc2ccccc2O1. The van der Waals surface area contributed by atoms with E-state index in [0.717, 1.165) is 7.11 Å². The third kappa shape index (κ3) is 1.96.